The Bertz CT molecular complexity index is 200. The highest BCUT2D eigenvalue weighted by molar-refractivity contribution is 5.05. The van der Waals surface area contributed by atoms with Gasteiger partial charge >= 0.3 is 0 Å². The normalized spacial score (nSPS) is 48.6. The highest BCUT2D eigenvalue weighted by Gasteiger charge is 2.54. The van der Waals surface area contributed by atoms with Crippen molar-refractivity contribution in [2.75, 3.05) is 13.2 Å². The third kappa shape index (κ3) is 1.40. The van der Waals surface area contributed by atoms with Gasteiger partial charge in [-0.2, -0.15) is 0 Å². The Labute approximate surface area is 86.2 Å². The summed E-state index contributed by atoms with van der Waals surface area (Å²) in [6.07, 6.45) is 7.02. The van der Waals surface area contributed by atoms with Crippen molar-refractivity contribution in [3.63, 3.8) is 0 Å². The van der Waals surface area contributed by atoms with Gasteiger partial charge in [-0.1, -0.05) is 12.8 Å². The highest BCUT2D eigenvalue weighted by atomic mass is 16.5. The van der Waals surface area contributed by atoms with Crippen LogP contribution < -0.4 is 5.73 Å². The summed E-state index contributed by atoms with van der Waals surface area (Å²) >= 11 is 0. The zero-order valence-electron chi connectivity index (χ0n) is 8.82. The molecule has 0 aromatic carbocycles. The van der Waals surface area contributed by atoms with Gasteiger partial charge in [0.1, 0.15) is 0 Å². The van der Waals surface area contributed by atoms with E-state index in [0.29, 0.717) is 12.0 Å². The molecule has 2 aliphatic carbocycles. The lowest BCUT2D eigenvalue weighted by atomic mass is 9.94. The largest absolute Gasteiger partial charge is 0.381 e. The summed E-state index contributed by atoms with van der Waals surface area (Å²) in [5, 5.41) is 0. The minimum Gasteiger partial charge on any atom is -0.381 e. The second-order valence-electron chi connectivity index (χ2n) is 5.39. The fourth-order valence-electron chi connectivity index (χ4n) is 3.79. The molecule has 4 unspecified atom stereocenters. The molecule has 2 saturated carbocycles. The first-order chi connectivity index (χ1) is 6.88. The van der Waals surface area contributed by atoms with Crippen LogP contribution in [-0.4, -0.2) is 19.3 Å². The van der Waals surface area contributed by atoms with E-state index in [1.807, 2.05) is 0 Å². The fourth-order valence-corrected chi connectivity index (χ4v) is 3.79. The number of hydrogen-bond donors (Lipinski definition) is 1. The van der Waals surface area contributed by atoms with Crippen molar-refractivity contribution in [3.05, 3.63) is 0 Å². The molecule has 0 spiro atoms. The van der Waals surface area contributed by atoms with Gasteiger partial charge in [-0.05, 0) is 42.9 Å². The number of rotatable bonds is 2. The lowest BCUT2D eigenvalue weighted by Crippen LogP contribution is -2.33. The summed E-state index contributed by atoms with van der Waals surface area (Å²) in [4.78, 5) is 0. The van der Waals surface area contributed by atoms with Gasteiger partial charge in [-0.25, -0.2) is 0 Å². The average Bonchev–Trinajstić information content (AvgIpc) is 2.70. The Morgan fingerprint density at radius 1 is 1.07 bits per heavy atom. The molecule has 1 heterocycles. The van der Waals surface area contributed by atoms with Gasteiger partial charge in [0, 0.05) is 12.6 Å². The standard InChI is InChI=1S/C12H21NO/c13-12(8-5-6-14-7-8)11-9-3-1-2-4-10(9)11/h8-12H,1-7,13H2. The van der Waals surface area contributed by atoms with E-state index in [4.69, 9.17) is 10.5 Å². The third-order valence-electron chi connectivity index (χ3n) is 4.68. The molecule has 1 aliphatic heterocycles. The lowest BCUT2D eigenvalue weighted by molar-refractivity contribution is 0.177. The van der Waals surface area contributed by atoms with Crippen LogP contribution in [0.2, 0.25) is 0 Å². The number of nitrogens with two attached hydrogens (primary N) is 1. The minimum atomic E-state index is 0.450. The zero-order valence-corrected chi connectivity index (χ0v) is 8.82. The summed E-state index contributed by atoms with van der Waals surface area (Å²) in [6, 6.07) is 0.450. The first-order valence-electron chi connectivity index (χ1n) is 6.21. The molecule has 0 aromatic heterocycles. The number of fused-ring (bicyclic) bond motifs is 1. The van der Waals surface area contributed by atoms with Gasteiger partial charge < -0.3 is 10.5 Å². The van der Waals surface area contributed by atoms with Crippen molar-refractivity contribution in [2.45, 2.75) is 38.1 Å². The van der Waals surface area contributed by atoms with Crippen molar-refractivity contribution in [1.82, 2.24) is 0 Å². The van der Waals surface area contributed by atoms with Crippen molar-refractivity contribution < 1.29 is 4.74 Å². The Hall–Kier alpha value is -0.0800. The SMILES string of the molecule is NC(C1CCOC1)C1C2CCCCC21. The molecule has 0 aromatic rings. The molecule has 2 heteroatoms. The molecule has 80 valence electrons. The zero-order chi connectivity index (χ0) is 9.54. The Balaban J connectivity index is 1.60. The molecule has 0 bridgehead atoms. The summed E-state index contributed by atoms with van der Waals surface area (Å²) in [5.41, 5.74) is 6.36. The van der Waals surface area contributed by atoms with E-state index in [1.165, 1.54) is 32.1 Å². The molecule has 2 nitrogen and oxygen atoms in total. The van der Waals surface area contributed by atoms with E-state index in [-0.39, 0.29) is 0 Å². The number of ether oxygens (including phenoxy) is 1. The Morgan fingerprint density at radius 2 is 1.79 bits per heavy atom. The van der Waals surface area contributed by atoms with Gasteiger partial charge in [0.05, 0.1) is 6.61 Å². The predicted octanol–water partition coefficient (Wildman–Crippen LogP) is 1.79. The van der Waals surface area contributed by atoms with E-state index in [0.717, 1.165) is 31.0 Å². The summed E-state index contributed by atoms with van der Waals surface area (Å²) in [6.45, 7) is 1.87. The maximum Gasteiger partial charge on any atom is 0.0510 e. The number of hydrogen-bond acceptors (Lipinski definition) is 2. The molecule has 4 atom stereocenters. The van der Waals surface area contributed by atoms with Crippen LogP contribution in [-0.2, 0) is 4.74 Å². The van der Waals surface area contributed by atoms with E-state index in [1.54, 1.807) is 0 Å². The molecular weight excluding hydrogens is 174 g/mol. The van der Waals surface area contributed by atoms with E-state index in [2.05, 4.69) is 0 Å². The maximum atomic E-state index is 6.36. The van der Waals surface area contributed by atoms with Gasteiger partial charge in [-0.3, -0.25) is 0 Å². The maximum absolute atomic E-state index is 6.36. The second-order valence-corrected chi connectivity index (χ2v) is 5.39. The summed E-state index contributed by atoms with van der Waals surface area (Å²) in [5.74, 6) is 3.54. The van der Waals surface area contributed by atoms with Crippen LogP contribution in [0.25, 0.3) is 0 Å². The monoisotopic (exact) mass is 195 g/mol. The molecule has 0 amide bonds. The van der Waals surface area contributed by atoms with E-state index < -0.39 is 0 Å². The van der Waals surface area contributed by atoms with Crippen LogP contribution in [0.1, 0.15) is 32.1 Å². The third-order valence-corrected chi connectivity index (χ3v) is 4.68. The fraction of sp³-hybridized carbons (Fsp3) is 1.00. The van der Waals surface area contributed by atoms with Crippen LogP contribution in [0, 0.1) is 23.7 Å². The second kappa shape index (κ2) is 3.49. The van der Waals surface area contributed by atoms with Crippen molar-refractivity contribution in [3.8, 4) is 0 Å². The first-order valence-corrected chi connectivity index (χ1v) is 6.21. The molecule has 14 heavy (non-hydrogen) atoms. The molecular formula is C12H21NO. The van der Waals surface area contributed by atoms with Crippen molar-refractivity contribution in [1.29, 1.82) is 0 Å². The van der Waals surface area contributed by atoms with Gasteiger partial charge in [0.2, 0.25) is 0 Å². The molecule has 3 rings (SSSR count). The molecule has 3 aliphatic rings. The van der Waals surface area contributed by atoms with Gasteiger partial charge in [0.25, 0.3) is 0 Å². The topological polar surface area (TPSA) is 35.2 Å². The van der Waals surface area contributed by atoms with Crippen LogP contribution >= 0.6 is 0 Å². The predicted molar refractivity (Wildman–Crippen MR) is 55.8 cm³/mol. The van der Waals surface area contributed by atoms with Gasteiger partial charge in [-0.15, -0.1) is 0 Å². The minimum absolute atomic E-state index is 0.450. The lowest BCUT2D eigenvalue weighted by Gasteiger charge is -2.17. The smallest absolute Gasteiger partial charge is 0.0510 e. The average molecular weight is 195 g/mol. The molecule has 1 saturated heterocycles. The van der Waals surface area contributed by atoms with Crippen LogP contribution in [0.5, 0.6) is 0 Å². The molecule has 2 N–H and O–H groups in total. The van der Waals surface area contributed by atoms with Crippen molar-refractivity contribution in [2.24, 2.45) is 29.4 Å². The quantitative estimate of drug-likeness (QED) is 0.729. The summed E-state index contributed by atoms with van der Waals surface area (Å²) in [7, 11) is 0. The molecule has 0 radical (unpaired) electrons. The first kappa shape index (κ1) is 9.17. The molecule has 3 fully saturated rings. The Morgan fingerprint density at radius 3 is 2.36 bits per heavy atom. The van der Waals surface area contributed by atoms with E-state index in [9.17, 15) is 0 Å². The van der Waals surface area contributed by atoms with Crippen LogP contribution in [0.3, 0.4) is 0 Å². The van der Waals surface area contributed by atoms with Crippen LogP contribution in [0.4, 0.5) is 0 Å². The van der Waals surface area contributed by atoms with Gasteiger partial charge in [0.15, 0.2) is 0 Å². The van der Waals surface area contributed by atoms with Crippen molar-refractivity contribution >= 4 is 0 Å². The van der Waals surface area contributed by atoms with Crippen LogP contribution in [0.15, 0.2) is 0 Å². The summed E-state index contributed by atoms with van der Waals surface area (Å²) < 4.78 is 5.43. The van der Waals surface area contributed by atoms with E-state index >= 15 is 0 Å². The highest BCUT2D eigenvalue weighted by Crippen LogP contribution is 2.57. The Kier molecular flexibility index (Phi) is 2.29.